The molecule has 1 saturated carbocycles. The molecule has 0 aromatic heterocycles. The van der Waals surface area contributed by atoms with Crippen molar-refractivity contribution in [1.82, 2.24) is 0 Å². The van der Waals surface area contributed by atoms with Gasteiger partial charge in [-0.25, -0.2) is 4.79 Å². The largest absolute Gasteiger partial charge is 0.475 e. The van der Waals surface area contributed by atoms with Crippen LogP contribution in [-0.2, 0) is 23.9 Å². The van der Waals surface area contributed by atoms with Gasteiger partial charge in [0.2, 0.25) is 5.76 Å². The maximum atomic E-state index is 12.2. The number of hydrogen-bond acceptors (Lipinski definition) is 5. The van der Waals surface area contributed by atoms with Crippen molar-refractivity contribution < 1.29 is 29.0 Å². The summed E-state index contributed by atoms with van der Waals surface area (Å²) in [5.41, 5.74) is 0. The number of methoxy groups -OCH3 is 1. The lowest BCUT2D eigenvalue weighted by atomic mass is 9.89. The molecule has 0 aromatic rings. The van der Waals surface area contributed by atoms with E-state index in [0.29, 0.717) is 30.5 Å². The van der Waals surface area contributed by atoms with Crippen molar-refractivity contribution >= 4 is 17.7 Å². The Balaban J connectivity index is 2.41. The molecular weight excluding hydrogens is 360 g/mol. The molecule has 1 fully saturated rings. The van der Waals surface area contributed by atoms with Crippen molar-refractivity contribution in [3.05, 3.63) is 24.0 Å². The van der Waals surface area contributed by atoms with Gasteiger partial charge in [-0.1, -0.05) is 25.5 Å². The molecule has 0 amide bonds. The number of unbranched alkanes of at least 4 members (excludes halogenated alkanes) is 2. The topological polar surface area (TPSA) is 89.9 Å². The lowest BCUT2D eigenvalue weighted by Gasteiger charge is -2.15. The highest BCUT2D eigenvalue weighted by Gasteiger charge is 2.32. The summed E-state index contributed by atoms with van der Waals surface area (Å²) in [6, 6.07) is 0. The lowest BCUT2D eigenvalue weighted by Crippen LogP contribution is -2.13. The van der Waals surface area contributed by atoms with E-state index in [1.54, 1.807) is 7.11 Å². The second-order valence-corrected chi connectivity index (χ2v) is 7.58. The van der Waals surface area contributed by atoms with E-state index in [4.69, 9.17) is 9.84 Å². The van der Waals surface area contributed by atoms with Gasteiger partial charge in [-0.15, -0.1) is 0 Å². The predicted molar refractivity (Wildman–Crippen MR) is 107 cm³/mol. The summed E-state index contributed by atoms with van der Waals surface area (Å²) in [7, 11) is 1.71. The average molecular weight is 395 g/mol. The number of aliphatic carboxylic acids is 1. The number of Topliss-reactive ketones (excluding diaryl/α,β-unsaturated/α-hetero) is 1. The van der Waals surface area contributed by atoms with Crippen LogP contribution in [0.5, 0.6) is 0 Å². The molecule has 0 radical (unpaired) electrons. The lowest BCUT2D eigenvalue weighted by molar-refractivity contribution is -0.146. The Labute approximate surface area is 168 Å². The van der Waals surface area contributed by atoms with Crippen molar-refractivity contribution in [3.8, 4) is 0 Å². The molecular formula is C22H34O6. The summed E-state index contributed by atoms with van der Waals surface area (Å²) in [5.74, 6) is -0.923. The monoisotopic (exact) mass is 394 g/mol. The van der Waals surface area contributed by atoms with E-state index in [2.05, 4.69) is 23.8 Å². The molecule has 0 spiro atoms. The number of allylic oxidation sites excluding steroid dienone is 3. The quantitative estimate of drug-likeness (QED) is 0.165. The Kier molecular flexibility index (Phi) is 11.4. The molecule has 6 heteroatoms. The average Bonchev–Trinajstić information content (AvgIpc) is 2.98. The first-order chi connectivity index (χ1) is 13.3. The van der Waals surface area contributed by atoms with Crippen molar-refractivity contribution in [1.29, 1.82) is 0 Å². The number of carboxylic acids is 1. The fourth-order valence-electron chi connectivity index (χ4n) is 3.53. The van der Waals surface area contributed by atoms with Crippen molar-refractivity contribution in [2.45, 2.75) is 65.2 Å². The molecule has 1 aliphatic rings. The van der Waals surface area contributed by atoms with E-state index in [1.165, 1.54) is 13.0 Å². The third kappa shape index (κ3) is 9.31. The van der Waals surface area contributed by atoms with E-state index in [9.17, 15) is 14.4 Å². The predicted octanol–water partition coefficient (Wildman–Crippen LogP) is 4.29. The molecule has 1 aliphatic carbocycles. The van der Waals surface area contributed by atoms with Crippen molar-refractivity contribution in [2.75, 3.05) is 13.7 Å². The molecule has 0 saturated heterocycles. The number of esters is 1. The normalized spacial score (nSPS) is 21.2. The van der Waals surface area contributed by atoms with Gasteiger partial charge in [0.25, 0.3) is 0 Å². The smallest absolute Gasteiger partial charge is 0.371 e. The number of ether oxygens (including phenoxy) is 2. The van der Waals surface area contributed by atoms with Crippen LogP contribution in [0.3, 0.4) is 0 Å². The molecule has 28 heavy (non-hydrogen) atoms. The van der Waals surface area contributed by atoms with Crippen LogP contribution in [0.1, 0.15) is 65.2 Å². The molecule has 0 aliphatic heterocycles. The van der Waals surface area contributed by atoms with Crippen LogP contribution in [0.4, 0.5) is 0 Å². The maximum absolute atomic E-state index is 12.2. The Morgan fingerprint density at radius 2 is 2.07 bits per heavy atom. The molecule has 6 nitrogen and oxygen atoms in total. The zero-order chi connectivity index (χ0) is 20.9. The van der Waals surface area contributed by atoms with Crippen LogP contribution in [0.2, 0.25) is 0 Å². The zero-order valence-electron chi connectivity index (χ0n) is 17.3. The van der Waals surface area contributed by atoms with E-state index in [1.807, 2.05) is 0 Å². The Bertz CT molecular complexity index is 578. The third-order valence-corrected chi connectivity index (χ3v) is 5.15. The van der Waals surface area contributed by atoms with E-state index in [0.717, 1.165) is 45.1 Å². The summed E-state index contributed by atoms with van der Waals surface area (Å²) >= 11 is 0. The highest BCUT2D eigenvalue weighted by Crippen LogP contribution is 2.34. The molecule has 0 bridgehead atoms. The summed E-state index contributed by atoms with van der Waals surface area (Å²) < 4.78 is 9.77. The number of carbonyl (C=O) groups excluding carboxylic acids is 2. The van der Waals surface area contributed by atoms with Gasteiger partial charge in [0.1, 0.15) is 5.78 Å². The second kappa shape index (κ2) is 13.3. The van der Waals surface area contributed by atoms with Gasteiger partial charge in [-0.05, 0) is 56.4 Å². The number of ketones is 1. The van der Waals surface area contributed by atoms with Gasteiger partial charge >= 0.3 is 11.9 Å². The summed E-state index contributed by atoms with van der Waals surface area (Å²) in [6.07, 6.45) is 12.4. The van der Waals surface area contributed by atoms with Crippen LogP contribution < -0.4 is 0 Å². The highest BCUT2D eigenvalue weighted by atomic mass is 16.6. The van der Waals surface area contributed by atoms with Crippen LogP contribution in [0.25, 0.3) is 0 Å². The van der Waals surface area contributed by atoms with Gasteiger partial charge in [-0.3, -0.25) is 9.59 Å². The molecule has 3 atom stereocenters. The number of carbonyl (C=O) groups is 3. The molecule has 1 unspecified atom stereocenters. The summed E-state index contributed by atoms with van der Waals surface area (Å²) in [4.78, 5) is 34.1. The third-order valence-electron chi connectivity index (χ3n) is 5.15. The SMILES string of the molecule is COCCC(C)CC=C[C@H]1CCC(=O)[C@@H]1CCCCC=C(OC(C)=O)C(=O)O. The second-order valence-electron chi connectivity index (χ2n) is 7.58. The standard InChI is InChI=1S/C22H34O6/c1-16(14-15-27-3)8-7-9-18-12-13-20(24)19(18)10-5-4-6-11-21(22(25)26)28-17(2)23/h7,9,11,16,18-19H,4-6,8,10,12-15H2,1-3H3,(H,25,26)/t16?,18-,19+/m0/s1. The van der Waals surface area contributed by atoms with Crippen LogP contribution >= 0.6 is 0 Å². The highest BCUT2D eigenvalue weighted by molar-refractivity contribution is 5.87. The zero-order valence-corrected chi connectivity index (χ0v) is 17.3. The van der Waals surface area contributed by atoms with Crippen LogP contribution in [0.15, 0.2) is 24.0 Å². The summed E-state index contributed by atoms with van der Waals surface area (Å²) in [6.45, 7) is 4.15. The van der Waals surface area contributed by atoms with Gasteiger partial charge in [0.15, 0.2) is 0 Å². The molecule has 158 valence electrons. The minimum absolute atomic E-state index is 0.0712. The van der Waals surface area contributed by atoms with Gasteiger partial charge in [0.05, 0.1) is 0 Å². The van der Waals surface area contributed by atoms with Crippen molar-refractivity contribution in [2.24, 2.45) is 17.8 Å². The minimum atomic E-state index is -1.24. The Morgan fingerprint density at radius 1 is 1.32 bits per heavy atom. The van der Waals surface area contributed by atoms with Crippen molar-refractivity contribution in [3.63, 3.8) is 0 Å². The molecule has 0 aromatic carbocycles. The van der Waals surface area contributed by atoms with Gasteiger partial charge in [-0.2, -0.15) is 0 Å². The Morgan fingerprint density at radius 3 is 2.71 bits per heavy atom. The number of rotatable bonds is 13. The molecule has 1 rings (SSSR count). The van der Waals surface area contributed by atoms with Crippen LogP contribution in [-0.4, -0.2) is 36.5 Å². The van der Waals surface area contributed by atoms with Gasteiger partial charge < -0.3 is 14.6 Å². The summed E-state index contributed by atoms with van der Waals surface area (Å²) in [5, 5.41) is 8.99. The number of hydrogen-bond donors (Lipinski definition) is 1. The molecule has 0 heterocycles. The fraction of sp³-hybridized carbons (Fsp3) is 0.682. The first-order valence-corrected chi connectivity index (χ1v) is 10.1. The van der Waals surface area contributed by atoms with E-state index < -0.39 is 11.9 Å². The van der Waals surface area contributed by atoms with E-state index in [-0.39, 0.29) is 11.7 Å². The van der Waals surface area contributed by atoms with E-state index >= 15 is 0 Å². The van der Waals surface area contributed by atoms with Gasteiger partial charge in [0, 0.05) is 33.0 Å². The molecule has 1 N–H and O–H groups in total. The first-order valence-electron chi connectivity index (χ1n) is 10.1. The fourth-order valence-corrected chi connectivity index (χ4v) is 3.53. The minimum Gasteiger partial charge on any atom is -0.475 e. The Hall–Kier alpha value is -1.95. The van der Waals surface area contributed by atoms with Crippen LogP contribution in [0, 0.1) is 17.8 Å². The maximum Gasteiger partial charge on any atom is 0.371 e. The first kappa shape index (κ1) is 24.1. The number of carboxylic acid groups (broad SMARTS) is 1.